The second-order valence-electron chi connectivity index (χ2n) is 6.95. The molecule has 2 N–H and O–H groups in total. The average Bonchev–Trinajstić information content (AvgIpc) is 3.27. The Labute approximate surface area is 171 Å². The van der Waals surface area contributed by atoms with Crippen LogP contribution in [0.15, 0.2) is 42.5 Å². The number of rotatable bonds is 5. The summed E-state index contributed by atoms with van der Waals surface area (Å²) in [4.78, 5) is 41.7. The molecule has 148 valence electrons. The number of hydrogen-bond acceptors (Lipinski definition) is 5. The van der Waals surface area contributed by atoms with Crippen molar-refractivity contribution in [1.82, 2.24) is 9.88 Å². The maximum atomic E-state index is 12.5. The van der Waals surface area contributed by atoms with Gasteiger partial charge in [0.25, 0.3) is 5.91 Å². The van der Waals surface area contributed by atoms with Gasteiger partial charge in [0, 0.05) is 37.7 Å². The summed E-state index contributed by atoms with van der Waals surface area (Å²) < 4.78 is 0.872. The van der Waals surface area contributed by atoms with Crippen LogP contribution < -0.4 is 10.6 Å². The lowest BCUT2D eigenvalue weighted by molar-refractivity contribution is -0.128. The molecule has 4 rings (SSSR count). The summed E-state index contributed by atoms with van der Waals surface area (Å²) >= 11 is 1.35. The van der Waals surface area contributed by atoms with Gasteiger partial charge in [0.2, 0.25) is 11.8 Å². The number of anilines is 2. The minimum atomic E-state index is -0.241. The van der Waals surface area contributed by atoms with Gasteiger partial charge >= 0.3 is 0 Å². The summed E-state index contributed by atoms with van der Waals surface area (Å²) in [5.41, 5.74) is 2.98. The summed E-state index contributed by atoms with van der Waals surface area (Å²) in [6, 6.07) is 12.7. The lowest BCUT2D eigenvalue weighted by Crippen LogP contribution is -2.23. The molecule has 3 amide bonds. The number of carbonyl (C=O) groups excluding carboxylic acids is 3. The van der Waals surface area contributed by atoms with Crippen molar-refractivity contribution in [3.8, 4) is 0 Å². The predicted octanol–water partition coefficient (Wildman–Crippen LogP) is 3.63. The van der Waals surface area contributed by atoms with Gasteiger partial charge in [-0.05, 0) is 42.3 Å². The van der Waals surface area contributed by atoms with E-state index in [1.165, 1.54) is 18.3 Å². The van der Waals surface area contributed by atoms with Crippen molar-refractivity contribution in [2.24, 2.45) is 0 Å². The van der Waals surface area contributed by atoms with Crippen LogP contribution in [-0.4, -0.2) is 34.2 Å². The first-order chi connectivity index (χ1) is 14.0. The van der Waals surface area contributed by atoms with E-state index < -0.39 is 0 Å². The lowest BCUT2D eigenvalue weighted by Gasteiger charge is -2.15. The van der Waals surface area contributed by atoms with Crippen molar-refractivity contribution in [3.63, 3.8) is 0 Å². The number of nitrogens with one attached hydrogen (secondary N) is 2. The Bertz CT molecular complexity index is 1090. The van der Waals surface area contributed by atoms with Gasteiger partial charge in [0.05, 0.1) is 10.2 Å². The van der Waals surface area contributed by atoms with Crippen LogP contribution in [0, 0.1) is 0 Å². The van der Waals surface area contributed by atoms with Crippen LogP contribution in [0.3, 0.4) is 0 Å². The number of carbonyl (C=O) groups is 3. The highest BCUT2D eigenvalue weighted by atomic mass is 32.1. The van der Waals surface area contributed by atoms with E-state index in [1.54, 1.807) is 24.3 Å². The molecule has 8 heteroatoms. The molecule has 2 heterocycles. The van der Waals surface area contributed by atoms with Crippen molar-refractivity contribution in [2.75, 3.05) is 17.2 Å². The van der Waals surface area contributed by atoms with Gasteiger partial charge in [0.1, 0.15) is 0 Å². The third-order valence-corrected chi connectivity index (χ3v) is 5.62. The SMILES string of the molecule is CC(=O)Nc1ccc2nc(NC(=O)c3ccc(CN4CCCC4=O)cc3)sc2c1. The molecule has 0 spiro atoms. The molecule has 0 atom stereocenters. The Balaban J connectivity index is 1.43. The Morgan fingerprint density at radius 3 is 2.62 bits per heavy atom. The molecule has 1 saturated heterocycles. The highest BCUT2D eigenvalue weighted by molar-refractivity contribution is 7.22. The number of hydrogen-bond donors (Lipinski definition) is 2. The van der Waals surface area contributed by atoms with E-state index in [0.717, 1.165) is 28.7 Å². The molecule has 3 aromatic rings. The Morgan fingerprint density at radius 2 is 1.93 bits per heavy atom. The maximum Gasteiger partial charge on any atom is 0.257 e. The highest BCUT2D eigenvalue weighted by Crippen LogP contribution is 2.28. The second-order valence-corrected chi connectivity index (χ2v) is 7.98. The molecule has 1 aromatic heterocycles. The van der Waals surface area contributed by atoms with Crippen molar-refractivity contribution in [3.05, 3.63) is 53.6 Å². The average molecular weight is 408 g/mol. The molecular weight excluding hydrogens is 388 g/mol. The van der Waals surface area contributed by atoms with Gasteiger partial charge in [-0.1, -0.05) is 23.5 Å². The van der Waals surface area contributed by atoms with Gasteiger partial charge in [-0.2, -0.15) is 0 Å². The smallest absolute Gasteiger partial charge is 0.257 e. The minimum Gasteiger partial charge on any atom is -0.338 e. The van der Waals surface area contributed by atoms with Gasteiger partial charge < -0.3 is 10.2 Å². The second kappa shape index (κ2) is 8.00. The van der Waals surface area contributed by atoms with Crippen molar-refractivity contribution in [2.45, 2.75) is 26.3 Å². The van der Waals surface area contributed by atoms with Gasteiger partial charge in [-0.15, -0.1) is 0 Å². The zero-order chi connectivity index (χ0) is 20.4. The molecule has 0 radical (unpaired) electrons. The molecule has 1 aliphatic rings. The summed E-state index contributed by atoms with van der Waals surface area (Å²) in [5, 5.41) is 6.06. The third kappa shape index (κ3) is 4.43. The van der Waals surface area contributed by atoms with Crippen molar-refractivity contribution in [1.29, 1.82) is 0 Å². The zero-order valence-corrected chi connectivity index (χ0v) is 16.7. The van der Waals surface area contributed by atoms with Crippen LogP contribution in [0.5, 0.6) is 0 Å². The van der Waals surface area contributed by atoms with Crippen LogP contribution in [0.2, 0.25) is 0 Å². The normalized spacial score (nSPS) is 13.7. The molecule has 29 heavy (non-hydrogen) atoms. The summed E-state index contributed by atoms with van der Waals surface area (Å²) in [6.45, 7) is 2.83. The van der Waals surface area contributed by atoms with Crippen LogP contribution in [0.4, 0.5) is 10.8 Å². The number of benzene rings is 2. The van der Waals surface area contributed by atoms with E-state index in [0.29, 0.717) is 29.3 Å². The fourth-order valence-corrected chi connectivity index (χ4v) is 4.18. The third-order valence-electron chi connectivity index (χ3n) is 4.69. The van der Waals surface area contributed by atoms with Gasteiger partial charge in [0.15, 0.2) is 5.13 Å². The predicted molar refractivity (Wildman–Crippen MR) is 113 cm³/mol. The topological polar surface area (TPSA) is 91.4 Å². The first-order valence-corrected chi connectivity index (χ1v) is 10.2. The monoisotopic (exact) mass is 408 g/mol. The quantitative estimate of drug-likeness (QED) is 0.674. The van der Waals surface area contributed by atoms with Crippen molar-refractivity contribution >= 4 is 50.1 Å². The Hall–Kier alpha value is -3.26. The number of amides is 3. The van der Waals surface area contributed by atoms with Crippen LogP contribution >= 0.6 is 11.3 Å². The molecule has 0 aliphatic carbocycles. The van der Waals surface area contributed by atoms with Gasteiger partial charge in [-0.25, -0.2) is 4.98 Å². The summed E-state index contributed by atoms with van der Waals surface area (Å²) in [6.07, 6.45) is 1.53. The number of likely N-dealkylation sites (tertiary alicyclic amines) is 1. The molecule has 1 fully saturated rings. The lowest BCUT2D eigenvalue weighted by atomic mass is 10.1. The standard InChI is InChI=1S/C21H20N4O3S/c1-13(26)22-16-8-9-17-18(11-16)29-21(23-17)24-20(28)15-6-4-14(5-7-15)12-25-10-2-3-19(25)27/h4-9,11H,2-3,10,12H2,1H3,(H,22,26)(H,23,24,28). The molecule has 2 aromatic carbocycles. The van der Waals surface area contributed by atoms with Crippen molar-refractivity contribution < 1.29 is 14.4 Å². The Morgan fingerprint density at radius 1 is 1.14 bits per heavy atom. The van der Waals surface area contributed by atoms with Crippen LogP contribution in [0.1, 0.15) is 35.7 Å². The van der Waals surface area contributed by atoms with Crippen LogP contribution in [-0.2, 0) is 16.1 Å². The fourth-order valence-electron chi connectivity index (χ4n) is 3.28. The molecular formula is C21H20N4O3S. The molecule has 0 saturated carbocycles. The first kappa shape index (κ1) is 19.1. The zero-order valence-electron chi connectivity index (χ0n) is 15.9. The molecule has 0 unspecified atom stereocenters. The molecule has 7 nitrogen and oxygen atoms in total. The fraction of sp³-hybridized carbons (Fsp3) is 0.238. The first-order valence-electron chi connectivity index (χ1n) is 9.34. The number of thiazole rings is 1. The van der Waals surface area contributed by atoms with E-state index in [1.807, 2.05) is 23.1 Å². The molecule has 1 aliphatic heterocycles. The molecule has 0 bridgehead atoms. The highest BCUT2D eigenvalue weighted by Gasteiger charge is 2.20. The maximum absolute atomic E-state index is 12.5. The van der Waals surface area contributed by atoms with Gasteiger partial charge in [-0.3, -0.25) is 19.7 Å². The number of nitrogens with zero attached hydrogens (tertiary/aromatic N) is 2. The Kier molecular flexibility index (Phi) is 5.26. The number of fused-ring (bicyclic) bond motifs is 1. The van der Waals surface area contributed by atoms with E-state index in [2.05, 4.69) is 15.6 Å². The minimum absolute atomic E-state index is 0.139. The van der Waals surface area contributed by atoms with Crippen LogP contribution in [0.25, 0.3) is 10.2 Å². The number of aromatic nitrogens is 1. The largest absolute Gasteiger partial charge is 0.338 e. The van der Waals surface area contributed by atoms with E-state index in [9.17, 15) is 14.4 Å². The summed E-state index contributed by atoms with van der Waals surface area (Å²) in [5.74, 6) is -0.195. The van der Waals surface area contributed by atoms with E-state index >= 15 is 0 Å². The van der Waals surface area contributed by atoms with E-state index in [4.69, 9.17) is 0 Å². The van der Waals surface area contributed by atoms with E-state index in [-0.39, 0.29) is 17.7 Å². The summed E-state index contributed by atoms with van der Waals surface area (Å²) in [7, 11) is 0.